The second kappa shape index (κ2) is 42.2. The van der Waals surface area contributed by atoms with Crippen molar-refractivity contribution in [1.29, 1.82) is 0 Å². The van der Waals surface area contributed by atoms with E-state index in [1.165, 1.54) is 161 Å². The zero-order chi connectivity index (χ0) is 38.0. The van der Waals surface area contributed by atoms with Crippen LogP contribution in [-0.2, 0) is 28.6 Å². The van der Waals surface area contributed by atoms with Gasteiger partial charge in [-0.25, -0.2) is 0 Å². The molecule has 1 atom stereocenters. The van der Waals surface area contributed by atoms with Gasteiger partial charge in [-0.3, -0.25) is 14.4 Å². The first-order chi connectivity index (χ1) is 25.5. The molecule has 52 heavy (non-hydrogen) atoms. The van der Waals surface area contributed by atoms with Crippen LogP contribution in [0.3, 0.4) is 0 Å². The van der Waals surface area contributed by atoms with Gasteiger partial charge in [-0.2, -0.15) is 0 Å². The van der Waals surface area contributed by atoms with Gasteiger partial charge in [0.1, 0.15) is 13.2 Å². The van der Waals surface area contributed by atoms with E-state index in [-0.39, 0.29) is 31.1 Å². The van der Waals surface area contributed by atoms with Crippen molar-refractivity contribution in [2.45, 2.75) is 264 Å². The molecule has 0 aromatic heterocycles. The number of carbonyl (C=O) groups is 3. The van der Waals surface area contributed by atoms with Gasteiger partial charge in [0.05, 0.1) is 0 Å². The molecule has 0 aromatic rings. The van der Waals surface area contributed by atoms with Crippen LogP contribution in [0.5, 0.6) is 0 Å². The minimum Gasteiger partial charge on any atom is -0.462 e. The van der Waals surface area contributed by atoms with Crippen LogP contribution in [0.4, 0.5) is 0 Å². The fraction of sp³-hybridized carbons (Fsp3) is 0.935. The van der Waals surface area contributed by atoms with Crippen LogP contribution in [-0.4, -0.2) is 37.2 Å². The summed E-state index contributed by atoms with van der Waals surface area (Å²) in [6, 6.07) is 0. The normalized spacial score (nSPS) is 11.8. The van der Waals surface area contributed by atoms with Gasteiger partial charge in [0.15, 0.2) is 6.10 Å². The molecule has 0 unspecified atom stereocenters. The molecular weight excluding hydrogens is 648 g/mol. The van der Waals surface area contributed by atoms with Gasteiger partial charge in [-0.1, -0.05) is 220 Å². The average molecular weight is 737 g/mol. The van der Waals surface area contributed by atoms with Crippen LogP contribution < -0.4 is 0 Å². The maximum Gasteiger partial charge on any atom is 0.306 e. The molecule has 6 nitrogen and oxygen atoms in total. The number of ether oxygens (including phenoxy) is 3. The number of hydrogen-bond donors (Lipinski definition) is 0. The standard InChI is InChI=1S/C46H88O6/c1-4-7-10-13-16-18-20-21-22-23-24-26-27-30-33-36-39-45(48)51-42-43(41-50-44(47)38-35-32-29-15-12-9-6-3)52-46(49)40-37-34-31-28-25-19-17-14-11-8-5-2/h43H,4-42H2,1-3H3/t43-/m1/s1. The van der Waals surface area contributed by atoms with Crippen molar-refractivity contribution in [3.63, 3.8) is 0 Å². The van der Waals surface area contributed by atoms with Crippen molar-refractivity contribution in [2.24, 2.45) is 0 Å². The number of carbonyl (C=O) groups excluding carboxylic acids is 3. The van der Waals surface area contributed by atoms with Crippen molar-refractivity contribution in [3.8, 4) is 0 Å². The molecule has 0 bridgehead atoms. The van der Waals surface area contributed by atoms with Gasteiger partial charge in [-0.15, -0.1) is 0 Å². The van der Waals surface area contributed by atoms with Gasteiger partial charge in [0.2, 0.25) is 0 Å². The van der Waals surface area contributed by atoms with Crippen LogP contribution in [0.1, 0.15) is 258 Å². The molecule has 0 saturated heterocycles. The van der Waals surface area contributed by atoms with Gasteiger partial charge >= 0.3 is 17.9 Å². The average Bonchev–Trinajstić information content (AvgIpc) is 3.14. The quantitative estimate of drug-likeness (QED) is 0.0353. The zero-order valence-electron chi connectivity index (χ0n) is 35.1. The monoisotopic (exact) mass is 737 g/mol. The largest absolute Gasteiger partial charge is 0.462 e. The van der Waals surface area contributed by atoms with E-state index in [9.17, 15) is 14.4 Å². The minimum absolute atomic E-state index is 0.0631. The topological polar surface area (TPSA) is 78.9 Å². The summed E-state index contributed by atoms with van der Waals surface area (Å²) in [7, 11) is 0. The van der Waals surface area contributed by atoms with E-state index in [4.69, 9.17) is 14.2 Å². The van der Waals surface area contributed by atoms with E-state index in [1.807, 2.05) is 0 Å². The molecule has 0 heterocycles. The Bertz CT molecular complexity index is 768. The molecular formula is C46H88O6. The van der Waals surface area contributed by atoms with Crippen molar-refractivity contribution in [2.75, 3.05) is 13.2 Å². The highest BCUT2D eigenvalue weighted by Gasteiger charge is 2.19. The number of rotatable bonds is 42. The summed E-state index contributed by atoms with van der Waals surface area (Å²) < 4.78 is 16.7. The molecule has 0 spiro atoms. The van der Waals surface area contributed by atoms with E-state index >= 15 is 0 Å². The summed E-state index contributed by atoms with van der Waals surface area (Å²) in [5, 5.41) is 0. The summed E-state index contributed by atoms with van der Waals surface area (Å²) in [6.07, 6.45) is 42.4. The Morgan fingerprint density at radius 2 is 0.519 bits per heavy atom. The first kappa shape index (κ1) is 50.4. The van der Waals surface area contributed by atoms with Crippen molar-refractivity contribution >= 4 is 17.9 Å². The second-order valence-corrected chi connectivity index (χ2v) is 15.7. The fourth-order valence-electron chi connectivity index (χ4n) is 6.85. The zero-order valence-corrected chi connectivity index (χ0v) is 35.1. The van der Waals surface area contributed by atoms with Gasteiger partial charge in [-0.05, 0) is 19.3 Å². The highest BCUT2D eigenvalue weighted by atomic mass is 16.6. The van der Waals surface area contributed by atoms with Crippen LogP contribution in [0.25, 0.3) is 0 Å². The number of hydrogen-bond acceptors (Lipinski definition) is 6. The Morgan fingerprint density at radius 1 is 0.308 bits per heavy atom. The Morgan fingerprint density at radius 3 is 0.769 bits per heavy atom. The van der Waals surface area contributed by atoms with Crippen molar-refractivity contribution in [3.05, 3.63) is 0 Å². The van der Waals surface area contributed by atoms with Crippen LogP contribution in [0.15, 0.2) is 0 Å². The van der Waals surface area contributed by atoms with E-state index in [0.29, 0.717) is 19.3 Å². The molecule has 0 aromatic carbocycles. The Hall–Kier alpha value is -1.59. The van der Waals surface area contributed by atoms with Crippen LogP contribution in [0, 0.1) is 0 Å². The first-order valence-corrected chi connectivity index (χ1v) is 23.0. The Labute approximate surface area is 323 Å². The predicted octanol–water partition coefficient (Wildman–Crippen LogP) is 14.5. The van der Waals surface area contributed by atoms with Gasteiger partial charge < -0.3 is 14.2 Å². The lowest BCUT2D eigenvalue weighted by Crippen LogP contribution is -2.30. The maximum atomic E-state index is 12.7. The molecule has 0 aliphatic heterocycles. The highest BCUT2D eigenvalue weighted by Crippen LogP contribution is 2.16. The molecule has 0 radical (unpaired) electrons. The molecule has 0 amide bonds. The highest BCUT2D eigenvalue weighted by molar-refractivity contribution is 5.71. The Kier molecular flexibility index (Phi) is 40.9. The lowest BCUT2D eigenvalue weighted by molar-refractivity contribution is -0.167. The SMILES string of the molecule is CCCCCCCCCCCCCCCCCCC(=O)OC[C@@H](COC(=O)CCCCCCCCC)OC(=O)CCCCCCCCCCCCC. The summed E-state index contributed by atoms with van der Waals surface area (Å²) in [6.45, 7) is 6.61. The van der Waals surface area contributed by atoms with Crippen LogP contribution in [0.2, 0.25) is 0 Å². The van der Waals surface area contributed by atoms with Crippen molar-refractivity contribution < 1.29 is 28.6 Å². The minimum atomic E-state index is -0.757. The van der Waals surface area contributed by atoms with E-state index < -0.39 is 6.10 Å². The maximum absolute atomic E-state index is 12.7. The third-order valence-electron chi connectivity index (χ3n) is 10.4. The summed E-state index contributed by atoms with van der Waals surface area (Å²) in [5.41, 5.74) is 0. The van der Waals surface area contributed by atoms with E-state index in [0.717, 1.165) is 57.8 Å². The second-order valence-electron chi connectivity index (χ2n) is 15.7. The molecule has 0 fully saturated rings. The van der Waals surface area contributed by atoms with Gasteiger partial charge in [0, 0.05) is 19.3 Å². The lowest BCUT2D eigenvalue weighted by atomic mass is 10.0. The number of esters is 3. The first-order valence-electron chi connectivity index (χ1n) is 23.0. The molecule has 0 N–H and O–H groups in total. The summed E-state index contributed by atoms with van der Waals surface area (Å²) >= 11 is 0. The predicted molar refractivity (Wildman–Crippen MR) is 220 cm³/mol. The molecule has 308 valence electrons. The smallest absolute Gasteiger partial charge is 0.306 e. The van der Waals surface area contributed by atoms with E-state index in [1.54, 1.807) is 0 Å². The lowest BCUT2D eigenvalue weighted by Gasteiger charge is -2.18. The number of unbranched alkanes of at least 4 members (excludes halogenated alkanes) is 31. The van der Waals surface area contributed by atoms with Crippen molar-refractivity contribution in [1.82, 2.24) is 0 Å². The van der Waals surface area contributed by atoms with E-state index in [2.05, 4.69) is 20.8 Å². The molecule has 0 aliphatic rings. The van der Waals surface area contributed by atoms with Gasteiger partial charge in [0.25, 0.3) is 0 Å². The molecule has 0 rings (SSSR count). The summed E-state index contributed by atoms with van der Waals surface area (Å²) in [4.78, 5) is 37.6. The third-order valence-corrected chi connectivity index (χ3v) is 10.4. The molecule has 0 saturated carbocycles. The third kappa shape index (κ3) is 39.6. The fourth-order valence-corrected chi connectivity index (χ4v) is 6.85. The Balaban J connectivity index is 4.22. The summed E-state index contributed by atoms with van der Waals surface area (Å²) in [5.74, 6) is -0.858. The van der Waals surface area contributed by atoms with Crippen LogP contribution >= 0.6 is 0 Å². The molecule has 0 aliphatic carbocycles. The molecule has 6 heteroatoms.